The maximum Gasteiger partial charge on any atom is 0.422 e. The predicted octanol–water partition coefficient (Wildman–Crippen LogP) is 2.49. The number of amides is 2. The fourth-order valence-corrected chi connectivity index (χ4v) is 5.85. The van der Waals surface area contributed by atoms with E-state index in [9.17, 15) is 22.8 Å². The summed E-state index contributed by atoms with van der Waals surface area (Å²) < 4.78 is 45.2. The number of rotatable bonds is 10. The van der Waals surface area contributed by atoms with Crippen LogP contribution in [0, 0.1) is 0 Å². The van der Waals surface area contributed by atoms with Gasteiger partial charge in [0.2, 0.25) is 0 Å². The van der Waals surface area contributed by atoms with Gasteiger partial charge in [0.15, 0.2) is 0 Å². The minimum Gasteiger partial charge on any atom is -0.465 e. The second kappa shape index (κ2) is 13.6. The van der Waals surface area contributed by atoms with Crippen molar-refractivity contribution in [2.24, 2.45) is 0 Å². The third kappa shape index (κ3) is 8.86. The lowest BCUT2D eigenvalue weighted by atomic mass is 9.92. The van der Waals surface area contributed by atoms with Crippen molar-refractivity contribution < 1.29 is 42.1 Å². The number of benzene rings is 1. The smallest absolute Gasteiger partial charge is 0.422 e. The van der Waals surface area contributed by atoms with Crippen molar-refractivity contribution >= 4 is 28.4 Å². The second-order valence-corrected chi connectivity index (χ2v) is 10.7. The second-order valence-electron chi connectivity index (χ2n) is 9.05. The number of piperidine rings is 1. The zero-order valence-electron chi connectivity index (χ0n) is 20.9. The lowest BCUT2D eigenvalue weighted by molar-refractivity contribution is -0.143. The van der Waals surface area contributed by atoms with Crippen molar-refractivity contribution in [2.45, 2.75) is 70.3 Å². The molecule has 1 aliphatic heterocycles. The summed E-state index contributed by atoms with van der Waals surface area (Å²) in [6.45, 7) is 1.94. The van der Waals surface area contributed by atoms with Gasteiger partial charge in [0, 0.05) is 19.1 Å². The molecule has 1 aromatic rings. The molecule has 0 bridgehead atoms. The maximum absolute atomic E-state index is 13.1. The lowest BCUT2D eigenvalue weighted by Gasteiger charge is -2.37. The largest absolute Gasteiger partial charge is 0.465 e. The Labute approximate surface area is 217 Å². The Morgan fingerprint density at radius 3 is 2.22 bits per heavy atom. The van der Waals surface area contributed by atoms with E-state index in [0.29, 0.717) is 57.2 Å². The van der Waals surface area contributed by atoms with Crippen molar-refractivity contribution in [3.05, 3.63) is 35.9 Å². The van der Waals surface area contributed by atoms with Crippen molar-refractivity contribution in [1.29, 1.82) is 0 Å². The molecule has 1 heterocycles. The summed E-state index contributed by atoms with van der Waals surface area (Å²) in [6.07, 6.45) is 1.02. The topological polar surface area (TPSA) is 152 Å². The average molecular weight is 542 g/mol. The van der Waals surface area contributed by atoms with Gasteiger partial charge in [-0.15, -0.1) is 0 Å². The first-order valence-corrected chi connectivity index (χ1v) is 13.9. The Hall–Kier alpha value is -2.90. The molecule has 2 aliphatic rings. The summed E-state index contributed by atoms with van der Waals surface area (Å²) in [5.41, 5.74) is 0.699. The quantitative estimate of drug-likeness (QED) is 0.426. The number of likely N-dealkylation sites (tertiary alicyclic amines) is 1. The van der Waals surface area contributed by atoms with Gasteiger partial charge in [-0.05, 0) is 51.0 Å². The first-order chi connectivity index (χ1) is 17.7. The Bertz CT molecular complexity index is 1010. The molecule has 0 spiro atoms. The lowest BCUT2D eigenvalue weighted by Crippen LogP contribution is -2.52. The molecular formula is C24H35N3O9S. The van der Waals surface area contributed by atoms with E-state index in [1.807, 2.05) is 10.8 Å². The van der Waals surface area contributed by atoms with E-state index in [0.717, 1.165) is 4.31 Å². The summed E-state index contributed by atoms with van der Waals surface area (Å²) >= 11 is 0. The number of carbonyl (C=O) groups excluding carboxylic acids is 2. The molecule has 1 saturated heterocycles. The monoisotopic (exact) mass is 541 g/mol. The third-order valence-electron chi connectivity index (χ3n) is 6.47. The van der Waals surface area contributed by atoms with E-state index in [4.69, 9.17) is 19.3 Å². The van der Waals surface area contributed by atoms with Crippen molar-refractivity contribution in [2.75, 3.05) is 26.2 Å². The SMILES string of the molecule is CCOC(=O)CN(C1CCC(OC2CCN(C(=O)O)CC2)CC1)S(=O)(=O)NC(=O)OCc1ccccc1. The molecule has 37 heavy (non-hydrogen) atoms. The number of esters is 1. The zero-order chi connectivity index (χ0) is 26.8. The highest BCUT2D eigenvalue weighted by atomic mass is 32.2. The van der Waals surface area contributed by atoms with E-state index in [2.05, 4.69) is 0 Å². The molecule has 0 atom stereocenters. The molecule has 1 aromatic carbocycles. The van der Waals surface area contributed by atoms with Crippen LogP contribution in [0.3, 0.4) is 0 Å². The third-order valence-corrected chi connectivity index (χ3v) is 7.94. The highest BCUT2D eigenvalue weighted by Gasteiger charge is 2.37. The zero-order valence-corrected chi connectivity index (χ0v) is 21.7. The number of hydrogen-bond acceptors (Lipinski definition) is 8. The molecule has 1 saturated carbocycles. The standard InChI is InChI=1S/C24H35N3O9S/c1-2-34-22(28)16-27(37(32,33)25-23(29)35-17-18-6-4-3-5-7-18)19-8-10-20(11-9-19)36-21-12-14-26(15-13-21)24(30)31/h3-7,19-21H,2,8-17H2,1H3,(H,25,29)(H,30,31). The van der Waals surface area contributed by atoms with Gasteiger partial charge < -0.3 is 24.2 Å². The highest BCUT2D eigenvalue weighted by Crippen LogP contribution is 2.29. The van der Waals surface area contributed by atoms with Crippen LogP contribution in [0.4, 0.5) is 9.59 Å². The summed E-state index contributed by atoms with van der Waals surface area (Å²) in [5.74, 6) is -0.714. The van der Waals surface area contributed by atoms with Crippen LogP contribution in [0.1, 0.15) is 51.0 Å². The number of carbonyl (C=O) groups is 3. The minimum absolute atomic E-state index is 0.0439. The van der Waals surface area contributed by atoms with Crippen LogP contribution in [0.25, 0.3) is 0 Å². The highest BCUT2D eigenvalue weighted by molar-refractivity contribution is 7.87. The average Bonchev–Trinajstić information content (AvgIpc) is 2.87. The van der Waals surface area contributed by atoms with Crippen molar-refractivity contribution in [1.82, 2.24) is 13.9 Å². The minimum atomic E-state index is -4.39. The Morgan fingerprint density at radius 2 is 1.62 bits per heavy atom. The molecule has 0 aromatic heterocycles. The first-order valence-electron chi connectivity index (χ1n) is 12.5. The molecule has 206 valence electrons. The number of carboxylic acid groups (broad SMARTS) is 1. The molecule has 2 fully saturated rings. The summed E-state index contributed by atoms with van der Waals surface area (Å²) in [4.78, 5) is 36.9. The summed E-state index contributed by atoms with van der Waals surface area (Å²) in [5, 5.41) is 9.09. The van der Waals surface area contributed by atoms with Crippen LogP contribution in [-0.4, -0.2) is 85.4 Å². The number of hydrogen-bond donors (Lipinski definition) is 2. The van der Waals surface area contributed by atoms with E-state index in [1.54, 1.807) is 31.2 Å². The molecule has 0 radical (unpaired) electrons. The molecule has 2 N–H and O–H groups in total. The molecule has 12 nitrogen and oxygen atoms in total. The first kappa shape index (κ1) is 28.7. The van der Waals surface area contributed by atoms with Gasteiger partial charge in [-0.1, -0.05) is 30.3 Å². The van der Waals surface area contributed by atoms with Crippen LogP contribution in [0.15, 0.2) is 30.3 Å². The fourth-order valence-electron chi connectivity index (χ4n) is 4.59. The van der Waals surface area contributed by atoms with Crippen LogP contribution in [0.5, 0.6) is 0 Å². The molecule has 0 unspecified atom stereocenters. The van der Waals surface area contributed by atoms with E-state index < -0.39 is 41.0 Å². The van der Waals surface area contributed by atoms with Gasteiger partial charge in [-0.3, -0.25) is 4.79 Å². The summed E-state index contributed by atoms with van der Waals surface area (Å²) in [6, 6.07) is 8.30. The Kier molecular flexibility index (Phi) is 10.5. The van der Waals surface area contributed by atoms with Gasteiger partial charge in [0.05, 0.1) is 18.8 Å². The number of nitrogens with zero attached hydrogens (tertiary/aromatic N) is 2. The molecule has 2 amide bonds. The molecule has 1 aliphatic carbocycles. The van der Waals surface area contributed by atoms with Crippen LogP contribution in [-0.2, 0) is 35.8 Å². The Balaban J connectivity index is 1.56. The van der Waals surface area contributed by atoms with Gasteiger partial charge >= 0.3 is 28.4 Å². The van der Waals surface area contributed by atoms with E-state index >= 15 is 0 Å². The summed E-state index contributed by atoms with van der Waals surface area (Å²) in [7, 11) is -4.39. The van der Waals surface area contributed by atoms with Gasteiger partial charge in [-0.2, -0.15) is 12.7 Å². The van der Waals surface area contributed by atoms with Gasteiger partial charge in [0.25, 0.3) is 0 Å². The van der Waals surface area contributed by atoms with E-state index in [1.165, 1.54) is 4.90 Å². The molecule has 13 heteroatoms. The van der Waals surface area contributed by atoms with Crippen LogP contribution in [0.2, 0.25) is 0 Å². The van der Waals surface area contributed by atoms with Crippen LogP contribution >= 0.6 is 0 Å². The maximum atomic E-state index is 13.1. The number of ether oxygens (including phenoxy) is 3. The molecule has 3 rings (SSSR count). The van der Waals surface area contributed by atoms with E-state index in [-0.39, 0.29) is 25.4 Å². The fraction of sp³-hybridized carbons (Fsp3) is 0.625. The number of nitrogens with one attached hydrogen (secondary N) is 1. The van der Waals surface area contributed by atoms with Gasteiger partial charge in [0.1, 0.15) is 13.2 Å². The van der Waals surface area contributed by atoms with Crippen molar-refractivity contribution in [3.63, 3.8) is 0 Å². The molecular weight excluding hydrogens is 506 g/mol. The van der Waals surface area contributed by atoms with Gasteiger partial charge in [-0.25, -0.2) is 14.3 Å². The normalized spacial score (nSPS) is 20.9. The van der Waals surface area contributed by atoms with Crippen molar-refractivity contribution in [3.8, 4) is 0 Å². The Morgan fingerprint density at radius 1 is 1.00 bits per heavy atom. The predicted molar refractivity (Wildman–Crippen MR) is 132 cm³/mol. The van der Waals surface area contributed by atoms with Crippen LogP contribution < -0.4 is 4.72 Å².